The predicted molar refractivity (Wildman–Crippen MR) is 54.5 cm³/mol. The minimum Gasteiger partial charge on any atom is -0.320 e. The average molecular weight is 179 g/mol. The molecule has 0 atom stereocenters. The molecule has 72 valence electrons. The van der Waals surface area contributed by atoms with Gasteiger partial charge in [0.1, 0.15) is 0 Å². The van der Waals surface area contributed by atoms with E-state index in [1.807, 2.05) is 31.6 Å². The van der Waals surface area contributed by atoms with Crippen molar-refractivity contribution in [1.29, 1.82) is 0 Å². The monoisotopic (exact) mass is 179 g/mol. The van der Waals surface area contributed by atoms with Gasteiger partial charge in [-0.2, -0.15) is 0 Å². The Balaban J connectivity index is 2.07. The van der Waals surface area contributed by atoms with Crippen molar-refractivity contribution < 1.29 is 0 Å². The predicted octanol–water partition coefficient (Wildman–Crippen LogP) is 0.781. The van der Waals surface area contributed by atoms with Gasteiger partial charge in [0.05, 0.1) is 0 Å². The van der Waals surface area contributed by atoms with E-state index in [1.54, 1.807) is 0 Å². The largest absolute Gasteiger partial charge is 0.320 e. The molecule has 1 rings (SSSR count). The zero-order chi connectivity index (χ0) is 9.36. The van der Waals surface area contributed by atoms with E-state index >= 15 is 0 Å². The Morgan fingerprint density at radius 1 is 1.23 bits per heavy atom. The van der Waals surface area contributed by atoms with Crippen LogP contribution in [0.15, 0.2) is 24.5 Å². The molecule has 0 aliphatic heterocycles. The molecule has 0 unspecified atom stereocenters. The van der Waals surface area contributed by atoms with Crippen LogP contribution in [0.1, 0.15) is 12.0 Å². The summed E-state index contributed by atoms with van der Waals surface area (Å²) < 4.78 is 0. The van der Waals surface area contributed by atoms with Crippen molar-refractivity contribution in [3.8, 4) is 0 Å². The summed E-state index contributed by atoms with van der Waals surface area (Å²) >= 11 is 0. The van der Waals surface area contributed by atoms with Crippen molar-refractivity contribution in [3.63, 3.8) is 0 Å². The Kier molecular flexibility index (Phi) is 5.13. The topological polar surface area (TPSA) is 37.0 Å². The van der Waals surface area contributed by atoms with Crippen LogP contribution in [0.2, 0.25) is 0 Å². The molecule has 0 fully saturated rings. The van der Waals surface area contributed by atoms with Crippen molar-refractivity contribution in [2.24, 2.45) is 0 Å². The number of hydrogen-bond donors (Lipinski definition) is 2. The van der Waals surface area contributed by atoms with Gasteiger partial charge in [-0.25, -0.2) is 0 Å². The van der Waals surface area contributed by atoms with Crippen molar-refractivity contribution in [2.45, 2.75) is 13.0 Å². The first-order valence-corrected chi connectivity index (χ1v) is 4.67. The molecule has 0 saturated heterocycles. The maximum atomic E-state index is 3.97. The van der Waals surface area contributed by atoms with Gasteiger partial charge in [-0.15, -0.1) is 0 Å². The summed E-state index contributed by atoms with van der Waals surface area (Å²) in [6.45, 7) is 3.07. The molecular weight excluding hydrogens is 162 g/mol. The minimum absolute atomic E-state index is 0.937. The molecule has 0 radical (unpaired) electrons. The molecule has 1 heterocycles. The standard InChI is InChI=1S/C10H17N3/c1-11-5-2-6-13-9-10-3-7-12-8-4-10/h3-4,7-8,11,13H,2,5-6,9H2,1H3. The van der Waals surface area contributed by atoms with Crippen LogP contribution in [-0.2, 0) is 6.54 Å². The zero-order valence-corrected chi connectivity index (χ0v) is 8.09. The van der Waals surface area contributed by atoms with E-state index in [9.17, 15) is 0 Å². The lowest BCUT2D eigenvalue weighted by Crippen LogP contribution is -2.19. The van der Waals surface area contributed by atoms with Crippen molar-refractivity contribution >= 4 is 0 Å². The van der Waals surface area contributed by atoms with Crippen LogP contribution in [0, 0.1) is 0 Å². The molecule has 0 aromatic carbocycles. The third-order valence-electron chi connectivity index (χ3n) is 1.86. The van der Waals surface area contributed by atoms with Gasteiger partial charge in [0.25, 0.3) is 0 Å². The Bertz CT molecular complexity index is 211. The fourth-order valence-corrected chi connectivity index (χ4v) is 1.12. The Morgan fingerprint density at radius 3 is 2.69 bits per heavy atom. The molecule has 2 N–H and O–H groups in total. The van der Waals surface area contributed by atoms with Crippen molar-refractivity contribution in [1.82, 2.24) is 15.6 Å². The quantitative estimate of drug-likeness (QED) is 0.634. The molecule has 3 heteroatoms. The molecule has 0 spiro atoms. The summed E-state index contributed by atoms with van der Waals surface area (Å²) in [7, 11) is 1.98. The average Bonchev–Trinajstić information content (AvgIpc) is 2.19. The van der Waals surface area contributed by atoms with Crippen molar-refractivity contribution in [2.75, 3.05) is 20.1 Å². The molecule has 0 aliphatic carbocycles. The van der Waals surface area contributed by atoms with Crippen LogP contribution in [0.5, 0.6) is 0 Å². The van der Waals surface area contributed by atoms with Gasteiger partial charge in [-0.1, -0.05) is 0 Å². The molecule has 0 aliphatic rings. The van der Waals surface area contributed by atoms with E-state index in [1.165, 1.54) is 12.0 Å². The highest BCUT2D eigenvalue weighted by atomic mass is 14.9. The second-order valence-electron chi connectivity index (χ2n) is 2.99. The lowest BCUT2D eigenvalue weighted by molar-refractivity contribution is 0.625. The lowest BCUT2D eigenvalue weighted by atomic mass is 10.2. The second kappa shape index (κ2) is 6.57. The van der Waals surface area contributed by atoms with Crippen molar-refractivity contribution in [3.05, 3.63) is 30.1 Å². The van der Waals surface area contributed by atoms with Crippen LogP contribution < -0.4 is 10.6 Å². The second-order valence-corrected chi connectivity index (χ2v) is 2.99. The molecular formula is C10H17N3. The third kappa shape index (κ3) is 4.60. The highest BCUT2D eigenvalue weighted by molar-refractivity contribution is 5.08. The van der Waals surface area contributed by atoms with Crippen LogP contribution in [-0.4, -0.2) is 25.1 Å². The van der Waals surface area contributed by atoms with Crippen LogP contribution in [0.4, 0.5) is 0 Å². The Morgan fingerprint density at radius 2 is 2.00 bits per heavy atom. The Labute approximate surface area is 79.6 Å². The van der Waals surface area contributed by atoms with Gasteiger partial charge in [-0.05, 0) is 44.3 Å². The maximum absolute atomic E-state index is 3.97. The molecule has 0 amide bonds. The van der Waals surface area contributed by atoms with Crippen LogP contribution in [0.3, 0.4) is 0 Å². The lowest BCUT2D eigenvalue weighted by Gasteiger charge is -2.03. The van der Waals surface area contributed by atoms with Gasteiger partial charge in [0.15, 0.2) is 0 Å². The normalized spacial score (nSPS) is 10.2. The van der Waals surface area contributed by atoms with E-state index in [4.69, 9.17) is 0 Å². The first kappa shape index (κ1) is 10.2. The van der Waals surface area contributed by atoms with Gasteiger partial charge < -0.3 is 10.6 Å². The molecule has 0 bridgehead atoms. The van der Waals surface area contributed by atoms with Crippen LogP contribution >= 0.6 is 0 Å². The maximum Gasteiger partial charge on any atom is 0.0271 e. The molecule has 1 aromatic rings. The highest BCUT2D eigenvalue weighted by Crippen LogP contribution is 1.94. The summed E-state index contributed by atoms with van der Waals surface area (Å²) in [5.74, 6) is 0. The van der Waals surface area contributed by atoms with E-state index < -0.39 is 0 Å². The minimum atomic E-state index is 0.937. The summed E-state index contributed by atoms with van der Waals surface area (Å²) in [4.78, 5) is 3.97. The molecule has 1 aromatic heterocycles. The smallest absolute Gasteiger partial charge is 0.0271 e. The van der Waals surface area contributed by atoms with Gasteiger partial charge in [0, 0.05) is 18.9 Å². The summed E-state index contributed by atoms with van der Waals surface area (Å²) in [6, 6.07) is 4.07. The molecule has 3 nitrogen and oxygen atoms in total. The summed E-state index contributed by atoms with van der Waals surface area (Å²) in [6.07, 6.45) is 4.82. The number of nitrogens with one attached hydrogen (secondary N) is 2. The number of rotatable bonds is 6. The van der Waals surface area contributed by atoms with Gasteiger partial charge in [0.2, 0.25) is 0 Å². The fourth-order valence-electron chi connectivity index (χ4n) is 1.12. The van der Waals surface area contributed by atoms with Crippen LogP contribution in [0.25, 0.3) is 0 Å². The summed E-state index contributed by atoms with van der Waals surface area (Å²) in [5.41, 5.74) is 1.29. The number of nitrogens with zero attached hydrogens (tertiary/aromatic N) is 1. The first-order chi connectivity index (χ1) is 6.43. The Hall–Kier alpha value is -0.930. The third-order valence-corrected chi connectivity index (χ3v) is 1.86. The fraction of sp³-hybridized carbons (Fsp3) is 0.500. The van der Waals surface area contributed by atoms with Gasteiger partial charge >= 0.3 is 0 Å². The van der Waals surface area contributed by atoms with E-state index in [0.717, 1.165) is 19.6 Å². The number of aromatic nitrogens is 1. The number of pyridine rings is 1. The van der Waals surface area contributed by atoms with E-state index in [0.29, 0.717) is 0 Å². The van der Waals surface area contributed by atoms with E-state index in [2.05, 4.69) is 15.6 Å². The first-order valence-electron chi connectivity index (χ1n) is 4.67. The molecule has 13 heavy (non-hydrogen) atoms. The zero-order valence-electron chi connectivity index (χ0n) is 8.09. The highest BCUT2D eigenvalue weighted by Gasteiger charge is 1.89. The molecule has 0 saturated carbocycles. The summed E-state index contributed by atoms with van der Waals surface area (Å²) in [5, 5.41) is 6.49. The SMILES string of the molecule is CNCCCNCc1ccncc1. The number of hydrogen-bond acceptors (Lipinski definition) is 3. The van der Waals surface area contributed by atoms with E-state index in [-0.39, 0.29) is 0 Å². The van der Waals surface area contributed by atoms with Gasteiger partial charge in [-0.3, -0.25) is 4.98 Å².